The highest BCUT2D eigenvalue weighted by Gasteiger charge is 2.37. The first-order chi connectivity index (χ1) is 15.3. The average molecular weight is 456 g/mol. The zero-order chi connectivity index (χ0) is 22.5. The van der Waals surface area contributed by atoms with E-state index in [1.165, 1.54) is 0 Å². The van der Waals surface area contributed by atoms with Crippen LogP contribution in [0.5, 0.6) is 0 Å². The number of sulfonamides is 1. The van der Waals surface area contributed by atoms with Gasteiger partial charge in [0.25, 0.3) is 5.91 Å². The molecule has 1 amide bonds. The largest absolute Gasteiger partial charge is 0.367 e. The maximum Gasteiger partial charge on any atom is 0.260 e. The van der Waals surface area contributed by atoms with Gasteiger partial charge in [-0.05, 0) is 50.7 Å². The number of aromatic nitrogens is 1. The lowest BCUT2D eigenvalue weighted by Gasteiger charge is -2.30. The van der Waals surface area contributed by atoms with E-state index in [1.54, 1.807) is 18.1 Å². The fraction of sp³-hybridized carbons (Fsp3) is 0.478. The van der Waals surface area contributed by atoms with Gasteiger partial charge < -0.3 is 15.1 Å². The zero-order valence-electron chi connectivity index (χ0n) is 18.4. The van der Waals surface area contributed by atoms with E-state index in [4.69, 9.17) is 0 Å². The van der Waals surface area contributed by atoms with Gasteiger partial charge in [0.2, 0.25) is 10.0 Å². The molecule has 170 valence electrons. The highest BCUT2D eigenvalue weighted by atomic mass is 32.2. The van der Waals surface area contributed by atoms with E-state index in [-0.39, 0.29) is 23.2 Å². The van der Waals surface area contributed by atoms with Crippen molar-refractivity contribution in [1.82, 2.24) is 9.71 Å². The van der Waals surface area contributed by atoms with Crippen molar-refractivity contribution in [2.24, 2.45) is 0 Å². The Balaban J connectivity index is 1.30. The molecule has 2 saturated carbocycles. The molecule has 2 heterocycles. The van der Waals surface area contributed by atoms with Crippen molar-refractivity contribution in [3.8, 4) is 0 Å². The third-order valence-corrected chi connectivity index (χ3v) is 8.77. The SMILES string of the molecule is CN1C(=O)c2ccccc2N(C)c2cc(N[C@H]3CC[C@H](NS(=O)(=O)C4CC4)CC3)ncc21. The first-order valence-electron chi connectivity index (χ1n) is 11.2. The Kier molecular flexibility index (Phi) is 5.33. The molecule has 1 aromatic heterocycles. The van der Waals surface area contributed by atoms with E-state index in [9.17, 15) is 13.2 Å². The second-order valence-electron chi connectivity index (χ2n) is 9.05. The van der Waals surface area contributed by atoms with Crippen LogP contribution in [0.1, 0.15) is 48.9 Å². The maximum absolute atomic E-state index is 12.9. The number of anilines is 4. The number of benzene rings is 1. The molecule has 3 aliphatic rings. The second-order valence-corrected chi connectivity index (χ2v) is 11.0. The molecular formula is C23H29N5O3S. The van der Waals surface area contributed by atoms with E-state index >= 15 is 0 Å². The van der Waals surface area contributed by atoms with Crippen molar-refractivity contribution in [3.63, 3.8) is 0 Å². The Morgan fingerprint density at radius 3 is 2.31 bits per heavy atom. The molecule has 32 heavy (non-hydrogen) atoms. The lowest BCUT2D eigenvalue weighted by Crippen LogP contribution is -2.41. The molecule has 2 N–H and O–H groups in total. The average Bonchev–Trinajstić information content (AvgIpc) is 3.65. The van der Waals surface area contributed by atoms with Crippen LogP contribution in [0.15, 0.2) is 36.5 Å². The van der Waals surface area contributed by atoms with Crippen molar-refractivity contribution >= 4 is 38.8 Å². The van der Waals surface area contributed by atoms with Crippen LogP contribution in [-0.4, -0.2) is 50.7 Å². The number of amides is 1. The van der Waals surface area contributed by atoms with E-state index in [0.717, 1.165) is 61.4 Å². The first kappa shape index (κ1) is 21.2. The topological polar surface area (TPSA) is 94.6 Å². The Bertz CT molecular complexity index is 1140. The summed E-state index contributed by atoms with van der Waals surface area (Å²) in [6, 6.07) is 9.87. The smallest absolute Gasteiger partial charge is 0.260 e. The quantitative estimate of drug-likeness (QED) is 0.719. The molecule has 2 aliphatic carbocycles. The summed E-state index contributed by atoms with van der Waals surface area (Å²) in [5, 5.41) is 3.35. The van der Waals surface area contributed by atoms with Crippen molar-refractivity contribution in [3.05, 3.63) is 42.1 Å². The minimum absolute atomic E-state index is 0.0287. The van der Waals surface area contributed by atoms with E-state index in [1.807, 2.05) is 42.3 Å². The van der Waals surface area contributed by atoms with Gasteiger partial charge in [0, 0.05) is 32.2 Å². The first-order valence-corrected chi connectivity index (χ1v) is 12.8. The molecule has 0 bridgehead atoms. The van der Waals surface area contributed by atoms with Crippen LogP contribution in [0, 0.1) is 0 Å². The monoisotopic (exact) mass is 455 g/mol. The number of hydrogen-bond donors (Lipinski definition) is 2. The summed E-state index contributed by atoms with van der Waals surface area (Å²) in [7, 11) is 0.599. The number of nitrogens with one attached hydrogen (secondary N) is 2. The van der Waals surface area contributed by atoms with Gasteiger partial charge in [-0.3, -0.25) is 4.79 Å². The van der Waals surface area contributed by atoms with Gasteiger partial charge in [0.1, 0.15) is 5.82 Å². The Hall–Kier alpha value is -2.65. The van der Waals surface area contributed by atoms with Gasteiger partial charge in [-0.15, -0.1) is 0 Å². The summed E-state index contributed by atoms with van der Waals surface area (Å²) in [5.41, 5.74) is 3.20. The number of rotatable bonds is 5. The fourth-order valence-corrected chi connectivity index (χ4v) is 6.33. The van der Waals surface area contributed by atoms with Crippen LogP contribution in [0.4, 0.5) is 22.9 Å². The van der Waals surface area contributed by atoms with Gasteiger partial charge in [0.15, 0.2) is 0 Å². The molecule has 0 unspecified atom stereocenters. The number of carbonyl (C=O) groups excluding carboxylic acids is 1. The summed E-state index contributed by atoms with van der Waals surface area (Å²) in [4.78, 5) is 21.2. The van der Waals surface area contributed by atoms with Gasteiger partial charge in [-0.25, -0.2) is 18.1 Å². The molecular weight excluding hydrogens is 426 g/mol. The predicted octanol–water partition coefficient (Wildman–Crippen LogP) is 3.24. The van der Waals surface area contributed by atoms with E-state index < -0.39 is 10.0 Å². The second kappa shape index (κ2) is 8.04. The predicted molar refractivity (Wildman–Crippen MR) is 126 cm³/mol. The summed E-state index contributed by atoms with van der Waals surface area (Å²) in [6.07, 6.45) is 6.72. The molecule has 1 aliphatic heterocycles. The Labute approximate surface area is 189 Å². The molecule has 0 spiro atoms. The molecule has 2 fully saturated rings. The Morgan fingerprint density at radius 2 is 1.59 bits per heavy atom. The molecule has 0 atom stereocenters. The number of fused-ring (bicyclic) bond motifs is 2. The number of para-hydroxylation sites is 1. The van der Waals surface area contributed by atoms with Crippen LogP contribution >= 0.6 is 0 Å². The molecule has 5 rings (SSSR count). The standard InChI is InChI=1S/C23H29N5O3S/c1-27-19-6-4-3-5-18(19)23(29)28(2)21-14-24-22(13-20(21)27)25-15-7-9-16(10-8-15)26-32(30,31)17-11-12-17/h3-6,13-17,26H,7-12H2,1-2H3,(H,24,25)/t15-,16-. The van der Waals surface area contributed by atoms with Crippen LogP contribution < -0.4 is 19.8 Å². The van der Waals surface area contributed by atoms with Crippen LogP contribution in [0.2, 0.25) is 0 Å². The van der Waals surface area contributed by atoms with Crippen molar-refractivity contribution < 1.29 is 13.2 Å². The van der Waals surface area contributed by atoms with Crippen molar-refractivity contribution in [1.29, 1.82) is 0 Å². The number of pyridine rings is 1. The molecule has 0 saturated heterocycles. The summed E-state index contributed by atoms with van der Waals surface area (Å²) < 4.78 is 27.3. The maximum atomic E-state index is 12.9. The summed E-state index contributed by atoms with van der Waals surface area (Å²) >= 11 is 0. The molecule has 0 radical (unpaired) electrons. The zero-order valence-corrected chi connectivity index (χ0v) is 19.2. The highest BCUT2D eigenvalue weighted by molar-refractivity contribution is 7.90. The molecule has 9 heteroatoms. The summed E-state index contributed by atoms with van der Waals surface area (Å²) in [6.45, 7) is 0. The third kappa shape index (κ3) is 3.95. The molecule has 1 aromatic carbocycles. The number of carbonyl (C=O) groups is 1. The Morgan fingerprint density at radius 1 is 0.906 bits per heavy atom. The van der Waals surface area contributed by atoms with Crippen LogP contribution in [0.3, 0.4) is 0 Å². The van der Waals surface area contributed by atoms with Gasteiger partial charge in [-0.1, -0.05) is 12.1 Å². The van der Waals surface area contributed by atoms with Crippen molar-refractivity contribution in [2.45, 2.75) is 55.9 Å². The van der Waals surface area contributed by atoms with E-state index in [2.05, 4.69) is 15.0 Å². The molecule has 8 nitrogen and oxygen atoms in total. The highest BCUT2D eigenvalue weighted by Crippen LogP contribution is 2.40. The normalized spacial score (nSPS) is 23.4. The lowest BCUT2D eigenvalue weighted by molar-refractivity contribution is 0.0994. The van der Waals surface area contributed by atoms with Gasteiger partial charge >= 0.3 is 0 Å². The molecule has 2 aromatic rings. The fourth-order valence-electron chi connectivity index (χ4n) is 4.68. The van der Waals surface area contributed by atoms with Crippen LogP contribution in [0.25, 0.3) is 0 Å². The summed E-state index contributed by atoms with van der Waals surface area (Å²) in [5.74, 6) is 0.707. The lowest BCUT2D eigenvalue weighted by atomic mass is 9.92. The van der Waals surface area contributed by atoms with E-state index in [0.29, 0.717) is 5.56 Å². The third-order valence-electron chi connectivity index (χ3n) is 6.76. The minimum Gasteiger partial charge on any atom is -0.367 e. The number of hydrogen-bond acceptors (Lipinski definition) is 6. The number of nitrogens with zero attached hydrogens (tertiary/aromatic N) is 3. The minimum atomic E-state index is -3.14. The van der Waals surface area contributed by atoms with Crippen LogP contribution in [-0.2, 0) is 10.0 Å². The van der Waals surface area contributed by atoms with Gasteiger partial charge in [-0.2, -0.15) is 0 Å². The van der Waals surface area contributed by atoms with Crippen molar-refractivity contribution in [2.75, 3.05) is 29.2 Å². The van der Waals surface area contributed by atoms with Gasteiger partial charge in [0.05, 0.1) is 34.1 Å².